The van der Waals surface area contributed by atoms with Crippen LogP contribution in [0.25, 0.3) is 0 Å². The van der Waals surface area contributed by atoms with Gasteiger partial charge in [-0.25, -0.2) is 17.7 Å². The minimum Gasteiger partial charge on any atom is -0.347 e. The molecular formula is C12H21N3O3S2. The van der Waals surface area contributed by atoms with E-state index in [4.69, 9.17) is 0 Å². The fraction of sp³-hybridized carbons (Fsp3) is 0.667. The smallest absolute Gasteiger partial charge is 0.237 e. The number of sulfonamides is 1. The SMILES string of the molecule is CC(C)c1nc([C@@H](C)NC(=O)CS(=O)(=O)N(C)C)cs1. The van der Waals surface area contributed by atoms with Crippen LogP contribution in [0.3, 0.4) is 0 Å². The number of hydrogen-bond acceptors (Lipinski definition) is 5. The second-order valence-electron chi connectivity index (χ2n) is 5.09. The third kappa shape index (κ3) is 4.53. The normalized spacial score (nSPS) is 13.8. The lowest BCUT2D eigenvalue weighted by Crippen LogP contribution is -2.37. The van der Waals surface area contributed by atoms with E-state index in [9.17, 15) is 13.2 Å². The van der Waals surface area contributed by atoms with Crippen molar-refractivity contribution < 1.29 is 13.2 Å². The Morgan fingerprint density at radius 3 is 2.45 bits per heavy atom. The summed E-state index contributed by atoms with van der Waals surface area (Å²) in [5, 5.41) is 5.55. The number of nitrogens with zero attached hydrogens (tertiary/aromatic N) is 2. The zero-order valence-corrected chi connectivity index (χ0v) is 14.0. The van der Waals surface area contributed by atoms with Gasteiger partial charge in [0.25, 0.3) is 0 Å². The highest BCUT2D eigenvalue weighted by Crippen LogP contribution is 2.22. The van der Waals surface area contributed by atoms with E-state index in [0.29, 0.717) is 5.92 Å². The molecule has 0 aromatic carbocycles. The second-order valence-corrected chi connectivity index (χ2v) is 8.17. The Hall–Kier alpha value is -0.990. The third-order valence-corrected chi connectivity index (χ3v) is 5.63. The summed E-state index contributed by atoms with van der Waals surface area (Å²) in [6, 6.07) is -0.302. The molecule has 1 atom stereocenters. The van der Waals surface area contributed by atoms with Gasteiger partial charge in [-0.1, -0.05) is 13.8 Å². The molecule has 1 heterocycles. The van der Waals surface area contributed by atoms with Crippen LogP contribution in [-0.4, -0.2) is 43.5 Å². The van der Waals surface area contributed by atoms with Crippen molar-refractivity contribution in [2.24, 2.45) is 0 Å². The highest BCUT2D eigenvalue weighted by molar-refractivity contribution is 7.89. The minimum absolute atomic E-state index is 0.302. The molecule has 6 nitrogen and oxygen atoms in total. The summed E-state index contributed by atoms with van der Waals surface area (Å²) in [5.41, 5.74) is 0.759. The largest absolute Gasteiger partial charge is 0.347 e. The van der Waals surface area contributed by atoms with E-state index in [1.54, 1.807) is 18.3 Å². The molecular weight excluding hydrogens is 298 g/mol. The average molecular weight is 319 g/mol. The summed E-state index contributed by atoms with van der Waals surface area (Å²) < 4.78 is 24.2. The van der Waals surface area contributed by atoms with Gasteiger partial charge in [-0.3, -0.25) is 4.79 Å². The first kappa shape index (κ1) is 17.1. The Kier molecular flexibility index (Phi) is 5.67. The number of carbonyl (C=O) groups is 1. The zero-order valence-electron chi connectivity index (χ0n) is 12.4. The summed E-state index contributed by atoms with van der Waals surface area (Å²) in [5.74, 6) is -0.734. The van der Waals surface area contributed by atoms with Crippen molar-refractivity contribution in [3.63, 3.8) is 0 Å². The molecule has 1 N–H and O–H groups in total. The van der Waals surface area contributed by atoms with Crippen LogP contribution in [0.4, 0.5) is 0 Å². The maximum atomic E-state index is 11.7. The van der Waals surface area contributed by atoms with Crippen LogP contribution in [0.1, 0.15) is 43.4 Å². The van der Waals surface area contributed by atoms with Crippen molar-refractivity contribution in [1.29, 1.82) is 0 Å². The van der Waals surface area contributed by atoms with Gasteiger partial charge in [-0.2, -0.15) is 0 Å². The number of carbonyl (C=O) groups excluding carboxylic acids is 1. The molecule has 8 heteroatoms. The van der Waals surface area contributed by atoms with Gasteiger partial charge in [0.15, 0.2) is 0 Å². The summed E-state index contributed by atoms with van der Waals surface area (Å²) in [6.45, 7) is 5.89. The molecule has 0 aliphatic heterocycles. The number of hydrogen-bond donors (Lipinski definition) is 1. The number of rotatable bonds is 6. The van der Waals surface area contributed by atoms with Crippen molar-refractivity contribution in [3.8, 4) is 0 Å². The fourth-order valence-electron chi connectivity index (χ4n) is 1.42. The topological polar surface area (TPSA) is 79.4 Å². The summed E-state index contributed by atoms with van der Waals surface area (Å²) in [7, 11) is -0.722. The van der Waals surface area contributed by atoms with E-state index >= 15 is 0 Å². The highest BCUT2D eigenvalue weighted by Gasteiger charge is 2.21. The predicted octanol–water partition coefficient (Wildman–Crippen LogP) is 1.34. The minimum atomic E-state index is -3.53. The molecule has 1 aromatic rings. The molecule has 1 rings (SSSR count). The first-order valence-electron chi connectivity index (χ1n) is 6.28. The van der Waals surface area contributed by atoms with Gasteiger partial charge in [-0.15, -0.1) is 11.3 Å². The van der Waals surface area contributed by atoms with Crippen LogP contribution in [-0.2, 0) is 14.8 Å². The molecule has 0 radical (unpaired) electrons. The van der Waals surface area contributed by atoms with Gasteiger partial charge in [0, 0.05) is 25.4 Å². The molecule has 20 heavy (non-hydrogen) atoms. The maximum Gasteiger partial charge on any atom is 0.237 e. The van der Waals surface area contributed by atoms with Crippen molar-refractivity contribution in [2.45, 2.75) is 32.7 Å². The zero-order chi connectivity index (χ0) is 15.5. The van der Waals surface area contributed by atoms with Gasteiger partial charge in [0.2, 0.25) is 15.9 Å². The van der Waals surface area contributed by atoms with Gasteiger partial charge < -0.3 is 5.32 Å². The van der Waals surface area contributed by atoms with Crippen LogP contribution in [0.5, 0.6) is 0 Å². The Bertz CT molecular complexity index is 564. The van der Waals surface area contributed by atoms with Gasteiger partial charge >= 0.3 is 0 Å². The monoisotopic (exact) mass is 319 g/mol. The van der Waals surface area contributed by atoms with Gasteiger partial charge in [0.1, 0.15) is 5.75 Å². The molecule has 0 spiro atoms. The summed E-state index contributed by atoms with van der Waals surface area (Å²) >= 11 is 1.54. The molecule has 0 aliphatic rings. The second kappa shape index (κ2) is 6.64. The Morgan fingerprint density at radius 2 is 2.00 bits per heavy atom. The van der Waals surface area contributed by atoms with Crippen molar-refractivity contribution in [2.75, 3.05) is 19.8 Å². The summed E-state index contributed by atoms with van der Waals surface area (Å²) in [4.78, 5) is 16.2. The Morgan fingerprint density at radius 1 is 1.40 bits per heavy atom. The fourth-order valence-corrected chi connectivity index (χ4v) is 3.02. The Labute approximate surface area is 124 Å². The van der Waals surface area contributed by atoms with Crippen LogP contribution < -0.4 is 5.32 Å². The van der Waals surface area contributed by atoms with Crippen LogP contribution >= 0.6 is 11.3 Å². The number of aromatic nitrogens is 1. The van der Waals surface area contributed by atoms with Gasteiger partial charge in [0.05, 0.1) is 16.7 Å². The quantitative estimate of drug-likeness (QED) is 0.858. The highest BCUT2D eigenvalue weighted by atomic mass is 32.2. The van der Waals surface area contributed by atoms with E-state index in [-0.39, 0.29) is 6.04 Å². The number of nitrogens with one attached hydrogen (secondary N) is 1. The lowest BCUT2D eigenvalue weighted by Gasteiger charge is -2.14. The number of thiazole rings is 1. The molecule has 0 unspecified atom stereocenters. The van der Waals surface area contributed by atoms with Crippen LogP contribution in [0.15, 0.2) is 5.38 Å². The molecule has 0 saturated carbocycles. The Balaban J connectivity index is 2.66. The van der Waals surface area contributed by atoms with Crippen molar-refractivity contribution in [1.82, 2.24) is 14.6 Å². The average Bonchev–Trinajstić information content (AvgIpc) is 2.76. The van der Waals surface area contributed by atoms with Crippen LogP contribution in [0, 0.1) is 0 Å². The lowest BCUT2D eigenvalue weighted by molar-refractivity contribution is -0.119. The first-order valence-corrected chi connectivity index (χ1v) is 8.77. The maximum absolute atomic E-state index is 11.7. The molecule has 1 aromatic heterocycles. The molecule has 1 amide bonds. The molecule has 0 fully saturated rings. The lowest BCUT2D eigenvalue weighted by atomic mass is 10.2. The van der Waals surface area contributed by atoms with Crippen molar-refractivity contribution >= 4 is 27.3 Å². The molecule has 0 saturated heterocycles. The van der Waals surface area contributed by atoms with Gasteiger partial charge in [-0.05, 0) is 6.92 Å². The predicted molar refractivity (Wildman–Crippen MR) is 80.2 cm³/mol. The van der Waals surface area contributed by atoms with E-state index in [0.717, 1.165) is 15.0 Å². The van der Waals surface area contributed by atoms with Crippen molar-refractivity contribution in [3.05, 3.63) is 16.1 Å². The van der Waals surface area contributed by atoms with E-state index < -0.39 is 21.7 Å². The van der Waals surface area contributed by atoms with E-state index in [1.165, 1.54) is 14.1 Å². The third-order valence-electron chi connectivity index (χ3n) is 2.72. The standard InChI is InChI=1S/C12H21N3O3S2/c1-8(2)12-14-10(6-19-12)9(3)13-11(16)7-20(17,18)15(4)5/h6,8-9H,7H2,1-5H3,(H,13,16)/t9-/m1/s1. The van der Waals surface area contributed by atoms with Crippen LogP contribution in [0.2, 0.25) is 0 Å². The first-order chi connectivity index (χ1) is 9.13. The summed E-state index contributed by atoms with van der Waals surface area (Å²) in [6.07, 6.45) is 0. The molecule has 0 aliphatic carbocycles. The molecule has 0 bridgehead atoms. The van der Waals surface area contributed by atoms with E-state index in [2.05, 4.69) is 24.1 Å². The molecule has 114 valence electrons. The van der Waals surface area contributed by atoms with E-state index in [1.807, 2.05) is 5.38 Å². The number of amides is 1.